The summed E-state index contributed by atoms with van der Waals surface area (Å²) in [5, 5.41) is 11.1. The Morgan fingerprint density at radius 3 is 2.52 bits per heavy atom. The molecule has 0 aliphatic carbocycles. The highest BCUT2D eigenvalue weighted by molar-refractivity contribution is 5.91. The molecule has 1 rings (SSSR count). The van der Waals surface area contributed by atoms with Crippen LogP contribution in [0.2, 0.25) is 0 Å². The predicted octanol–water partition coefficient (Wildman–Crippen LogP) is 2.19. The summed E-state index contributed by atoms with van der Waals surface area (Å²) in [6.07, 6.45) is 5.93. The summed E-state index contributed by atoms with van der Waals surface area (Å²) in [6, 6.07) is 7.93. The minimum atomic E-state index is -0.375. The Balaban J connectivity index is 2.14. The van der Waals surface area contributed by atoms with Crippen LogP contribution in [0.3, 0.4) is 0 Å². The van der Waals surface area contributed by atoms with E-state index in [0.717, 1.165) is 18.4 Å². The number of aryl methyl sites for hydroxylation is 1. The molecular formula is C16H22N2O3. The lowest BCUT2D eigenvalue weighted by Crippen LogP contribution is -2.22. The Kier molecular flexibility index (Phi) is 7.82. The molecule has 0 saturated carbocycles. The Morgan fingerprint density at radius 1 is 1.14 bits per heavy atom. The van der Waals surface area contributed by atoms with Gasteiger partial charge in [0.05, 0.1) is 0 Å². The van der Waals surface area contributed by atoms with Gasteiger partial charge < -0.3 is 5.32 Å². The van der Waals surface area contributed by atoms with Gasteiger partial charge in [-0.25, -0.2) is 5.48 Å². The summed E-state index contributed by atoms with van der Waals surface area (Å²) in [4.78, 5) is 22.3. The van der Waals surface area contributed by atoms with E-state index in [1.165, 1.54) is 11.6 Å². The van der Waals surface area contributed by atoms with Crippen molar-refractivity contribution in [3.05, 3.63) is 41.5 Å². The van der Waals surface area contributed by atoms with Crippen molar-refractivity contribution < 1.29 is 14.8 Å². The summed E-state index contributed by atoms with van der Waals surface area (Å²) in [7, 11) is 0. The fraction of sp³-hybridized carbons (Fsp3) is 0.375. The number of nitrogens with one attached hydrogen (secondary N) is 2. The van der Waals surface area contributed by atoms with Gasteiger partial charge in [0.2, 0.25) is 11.8 Å². The number of hydrogen-bond acceptors (Lipinski definition) is 3. The molecule has 1 aromatic rings. The van der Waals surface area contributed by atoms with E-state index in [2.05, 4.69) is 5.32 Å². The second-order valence-electron chi connectivity index (χ2n) is 4.88. The van der Waals surface area contributed by atoms with Crippen LogP contribution in [0, 0.1) is 6.92 Å². The van der Waals surface area contributed by atoms with Gasteiger partial charge >= 0.3 is 0 Å². The molecule has 2 amide bonds. The molecule has 0 aliphatic rings. The lowest BCUT2D eigenvalue weighted by atomic mass is 10.1. The topological polar surface area (TPSA) is 78.4 Å². The van der Waals surface area contributed by atoms with Gasteiger partial charge in [-0.3, -0.25) is 14.8 Å². The third-order valence-electron chi connectivity index (χ3n) is 3.01. The fourth-order valence-electron chi connectivity index (χ4n) is 1.76. The second-order valence-corrected chi connectivity index (χ2v) is 4.88. The Labute approximate surface area is 125 Å². The highest BCUT2D eigenvalue weighted by Crippen LogP contribution is 2.04. The molecule has 21 heavy (non-hydrogen) atoms. The van der Waals surface area contributed by atoms with Gasteiger partial charge in [0.15, 0.2) is 0 Å². The first kappa shape index (κ1) is 16.9. The van der Waals surface area contributed by atoms with Gasteiger partial charge in [-0.15, -0.1) is 0 Å². The largest absolute Gasteiger partial charge is 0.353 e. The molecule has 0 atom stereocenters. The van der Waals surface area contributed by atoms with Crippen LogP contribution >= 0.6 is 0 Å². The third kappa shape index (κ3) is 7.89. The SMILES string of the molecule is Cc1ccc(/C=C/C(=O)NCCCCCC(=O)NO)cc1. The van der Waals surface area contributed by atoms with Crippen molar-refractivity contribution in [2.24, 2.45) is 0 Å². The smallest absolute Gasteiger partial charge is 0.243 e. The molecule has 0 radical (unpaired) electrons. The molecule has 0 spiro atoms. The molecule has 0 fully saturated rings. The van der Waals surface area contributed by atoms with E-state index >= 15 is 0 Å². The van der Waals surface area contributed by atoms with Crippen LogP contribution in [0.1, 0.15) is 36.8 Å². The maximum absolute atomic E-state index is 11.6. The van der Waals surface area contributed by atoms with E-state index in [1.807, 2.05) is 31.2 Å². The Bertz CT molecular complexity index is 481. The van der Waals surface area contributed by atoms with Crippen LogP contribution in [0.25, 0.3) is 6.08 Å². The number of benzene rings is 1. The summed E-state index contributed by atoms with van der Waals surface area (Å²) >= 11 is 0. The molecule has 3 N–H and O–H groups in total. The maximum Gasteiger partial charge on any atom is 0.243 e. The van der Waals surface area contributed by atoms with Crippen LogP contribution in [0.4, 0.5) is 0 Å². The van der Waals surface area contributed by atoms with Gasteiger partial charge in [0, 0.05) is 19.0 Å². The van der Waals surface area contributed by atoms with Gasteiger partial charge in [0.25, 0.3) is 0 Å². The van der Waals surface area contributed by atoms with E-state index in [0.29, 0.717) is 19.4 Å². The van der Waals surface area contributed by atoms with Crippen LogP contribution in [-0.2, 0) is 9.59 Å². The summed E-state index contributed by atoms with van der Waals surface area (Å²) in [6.45, 7) is 2.60. The summed E-state index contributed by atoms with van der Waals surface area (Å²) in [5.74, 6) is -0.497. The maximum atomic E-state index is 11.6. The zero-order valence-corrected chi connectivity index (χ0v) is 12.3. The number of hydroxylamine groups is 1. The Hall–Kier alpha value is -2.14. The van der Waals surface area contributed by atoms with Crippen molar-refractivity contribution in [3.63, 3.8) is 0 Å². The fourth-order valence-corrected chi connectivity index (χ4v) is 1.76. The summed E-state index contributed by atoms with van der Waals surface area (Å²) < 4.78 is 0. The highest BCUT2D eigenvalue weighted by atomic mass is 16.5. The minimum absolute atomic E-state index is 0.122. The molecule has 0 bridgehead atoms. The predicted molar refractivity (Wildman–Crippen MR) is 81.6 cm³/mol. The number of unbranched alkanes of at least 4 members (excludes halogenated alkanes) is 2. The zero-order valence-electron chi connectivity index (χ0n) is 12.3. The highest BCUT2D eigenvalue weighted by Gasteiger charge is 1.99. The minimum Gasteiger partial charge on any atom is -0.353 e. The first-order chi connectivity index (χ1) is 10.1. The molecule has 1 aromatic carbocycles. The third-order valence-corrected chi connectivity index (χ3v) is 3.01. The van der Waals surface area contributed by atoms with Crippen molar-refractivity contribution in [1.82, 2.24) is 10.8 Å². The van der Waals surface area contributed by atoms with Gasteiger partial charge in [-0.2, -0.15) is 0 Å². The van der Waals surface area contributed by atoms with Crippen LogP contribution < -0.4 is 10.8 Å². The van der Waals surface area contributed by atoms with Crippen molar-refractivity contribution in [1.29, 1.82) is 0 Å². The average molecular weight is 290 g/mol. The number of rotatable bonds is 8. The van der Waals surface area contributed by atoms with Gasteiger partial charge in [-0.1, -0.05) is 36.2 Å². The van der Waals surface area contributed by atoms with Crippen molar-refractivity contribution in [2.45, 2.75) is 32.6 Å². The molecule has 0 unspecified atom stereocenters. The normalized spacial score (nSPS) is 10.6. The second kappa shape index (κ2) is 9.72. The van der Waals surface area contributed by atoms with Gasteiger partial charge in [-0.05, 0) is 31.4 Å². The molecule has 0 aromatic heterocycles. The number of hydrogen-bond donors (Lipinski definition) is 3. The van der Waals surface area contributed by atoms with Crippen LogP contribution in [0.15, 0.2) is 30.3 Å². The molecule has 0 aliphatic heterocycles. The van der Waals surface area contributed by atoms with Gasteiger partial charge in [0.1, 0.15) is 0 Å². The average Bonchev–Trinajstić information content (AvgIpc) is 2.49. The monoisotopic (exact) mass is 290 g/mol. The van der Waals surface area contributed by atoms with E-state index < -0.39 is 0 Å². The van der Waals surface area contributed by atoms with E-state index in [9.17, 15) is 9.59 Å². The van der Waals surface area contributed by atoms with Crippen molar-refractivity contribution >= 4 is 17.9 Å². The molecule has 0 saturated heterocycles. The number of carbonyl (C=O) groups is 2. The Morgan fingerprint density at radius 2 is 1.86 bits per heavy atom. The molecule has 5 heteroatoms. The van der Waals surface area contributed by atoms with Crippen LogP contribution in [-0.4, -0.2) is 23.6 Å². The lowest BCUT2D eigenvalue weighted by molar-refractivity contribution is -0.129. The first-order valence-corrected chi connectivity index (χ1v) is 7.07. The quantitative estimate of drug-likeness (QED) is 0.297. The number of amides is 2. The van der Waals surface area contributed by atoms with Crippen molar-refractivity contribution in [2.75, 3.05) is 6.54 Å². The first-order valence-electron chi connectivity index (χ1n) is 7.07. The van der Waals surface area contributed by atoms with E-state index in [-0.39, 0.29) is 11.8 Å². The summed E-state index contributed by atoms with van der Waals surface area (Å²) in [5.41, 5.74) is 3.77. The van der Waals surface area contributed by atoms with Crippen LogP contribution in [0.5, 0.6) is 0 Å². The molecule has 5 nitrogen and oxygen atoms in total. The lowest BCUT2D eigenvalue weighted by Gasteiger charge is -2.02. The van der Waals surface area contributed by atoms with Crippen molar-refractivity contribution in [3.8, 4) is 0 Å². The standard InChI is InChI=1S/C16H22N2O3/c1-13-6-8-14(9-7-13)10-11-15(19)17-12-4-2-3-5-16(20)18-21/h6-11,21H,2-5,12H2,1H3,(H,17,19)(H,18,20)/b11-10+. The number of carbonyl (C=O) groups excluding carboxylic acids is 2. The molecular weight excluding hydrogens is 268 g/mol. The zero-order chi connectivity index (χ0) is 15.5. The van der Waals surface area contributed by atoms with E-state index in [1.54, 1.807) is 11.6 Å². The molecule has 114 valence electrons. The molecule has 0 heterocycles. The van der Waals surface area contributed by atoms with E-state index in [4.69, 9.17) is 5.21 Å².